The van der Waals surface area contributed by atoms with E-state index < -0.39 is 17.6 Å². The largest absolute Gasteiger partial charge is 0.423 e. The highest BCUT2D eigenvalue weighted by atomic mass is 19.4. The highest BCUT2D eigenvalue weighted by Crippen LogP contribution is 2.32. The molecule has 1 amide bonds. The third-order valence-corrected chi connectivity index (χ3v) is 4.88. The minimum atomic E-state index is -4.58. The van der Waals surface area contributed by atoms with Crippen LogP contribution in [0.1, 0.15) is 28.8 Å². The van der Waals surface area contributed by atoms with Crippen LogP contribution in [0.2, 0.25) is 0 Å². The predicted octanol–water partition coefficient (Wildman–Crippen LogP) is 4.25. The molecule has 8 heteroatoms. The molecule has 4 rings (SSSR count). The molecule has 0 bridgehead atoms. The Morgan fingerprint density at radius 1 is 1.18 bits per heavy atom. The molecule has 1 N–H and O–H groups in total. The Kier molecular flexibility index (Phi) is 4.70. The summed E-state index contributed by atoms with van der Waals surface area (Å²) in [6.07, 6.45) is -2.90. The maximum absolute atomic E-state index is 13.1. The summed E-state index contributed by atoms with van der Waals surface area (Å²) in [5.74, 6) is -0.739. The molecule has 0 saturated carbocycles. The molecule has 0 unspecified atom stereocenters. The zero-order valence-corrected chi connectivity index (χ0v) is 14.9. The first-order valence-electron chi connectivity index (χ1n) is 9.00. The third-order valence-electron chi connectivity index (χ3n) is 4.88. The van der Waals surface area contributed by atoms with E-state index in [-0.39, 0.29) is 18.2 Å². The summed E-state index contributed by atoms with van der Waals surface area (Å²) >= 11 is 0. The van der Waals surface area contributed by atoms with Gasteiger partial charge in [0, 0.05) is 13.1 Å². The van der Waals surface area contributed by atoms with Gasteiger partial charge in [-0.3, -0.25) is 4.79 Å². The fraction of sp³-hybridized carbons (Fsp3) is 0.300. The average Bonchev–Trinajstić information content (AvgIpc) is 3.31. The SMILES string of the molecule is O=C(NC[C@H]1CCCN1c1nc2ccccc2o1)c1ccccc1C(F)(F)F. The van der Waals surface area contributed by atoms with Crippen LogP contribution in [-0.2, 0) is 6.18 Å². The van der Waals surface area contributed by atoms with Crippen LogP contribution in [0.3, 0.4) is 0 Å². The Morgan fingerprint density at radius 3 is 2.71 bits per heavy atom. The summed E-state index contributed by atoms with van der Waals surface area (Å²) in [4.78, 5) is 18.8. The van der Waals surface area contributed by atoms with Crippen molar-refractivity contribution in [1.82, 2.24) is 10.3 Å². The zero-order valence-electron chi connectivity index (χ0n) is 14.9. The molecular weight excluding hydrogens is 371 g/mol. The van der Waals surface area contributed by atoms with Gasteiger partial charge in [0.25, 0.3) is 11.9 Å². The van der Waals surface area contributed by atoms with Crippen LogP contribution >= 0.6 is 0 Å². The number of anilines is 1. The number of alkyl halides is 3. The van der Waals surface area contributed by atoms with Crippen LogP contribution in [0.5, 0.6) is 0 Å². The predicted molar refractivity (Wildman–Crippen MR) is 98.2 cm³/mol. The summed E-state index contributed by atoms with van der Waals surface area (Å²) in [5.41, 5.74) is 0.105. The molecule has 5 nitrogen and oxygen atoms in total. The van der Waals surface area contributed by atoms with Gasteiger partial charge in [0.1, 0.15) is 5.52 Å². The van der Waals surface area contributed by atoms with Crippen molar-refractivity contribution in [2.75, 3.05) is 18.0 Å². The van der Waals surface area contributed by atoms with Crippen molar-refractivity contribution in [1.29, 1.82) is 0 Å². The van der Waals surface area contributed by atoms with E-state index in [0.717, 1.165) is 24.4 Å². The molecule has 0 aliphatic carbocycles. The molecule has 3 aromatic rings. The van der Waals surface area contributed by atoms with E-state index in [4.69, 9.17) is 4.42 Å². The van der Waals surface area contributed by atoms with E-state index in [2.05, 4.69) is 10.3 Å². The summed E-state index contributed by atoms with van der Waals surface area (Å²) in [7, 11) is 0. The molecule has 2 heterocycles. The number of hydrogen-bond acceptors (Lipinski definition) is 4. The second-order valence-electron chi connectivity index (χ2n) is 6.71. The highest BCUT2D eigenvalue weighted by Gasteiger charge is 2.35. The third kappa shape index (κ3) is 3.54. The van der Waals surface area contributed by atoms with E-state index >= 15 is 0 Å². The van der Waals surface area contributed by atoms with Gasteiger partial charge in [-0.2, -0.15) is 18.2 Å². The van der Waals surface area contributed by atoms with Crippen LogP contribution in [0.4, 0.5) is 19.2 Å². The molecule has 1 aromatic heterocycles. The van der Waals surface area contributed by atoms with Gasteiger partial charge in [0.15, 0.2) is 5.58 Å². The lowest BCUT2D eigenvalue weighted by Gasteiger charge is -2.23. The maximum atomic E-state index is 13.1. The molecule has 1 atom stereocenters. The van der Waals surface area contributed by atoms with Crippen LogP contribution in [0.15, 0.2) is 52.9 Å². The topological polar surface area (TPSA) is 58.4 Å². The first-order chi connectivity index (χ1) is 13.4. The fourth-order valence-corrected chi connectivity index (χ4v) is 3.52. The number of aromatic nitrogens is 1. The number of oxazole rings is 1. The molecule has 1 aliphatic heterocycles. The number of nitrogens with zero attached hydrogens (tertiary/aromatic N) is 2. The first kappa shape index (κ1) is 18.3. The van der Waals surface area contributed by atoms with Crippen molar-refractivity contribution >= 4 is 23.0 Å². The Hall–Kier alpha value is -3.03. The quantitative estimate of drug-likeness (QED) is 0.725. The summed E-state index contributed by atoms with van der Waals surface area (Å²) < 4.78 is 45.2. The van der Waals surface area contributed by atoms with Gasteiger partial charge in [-0.25, -0.2) is 0 Å². The lowest BCUT2D eigenvalue weighted by Crippen LogP contribution is -2.40. The van der Waals surface area contributed by atoms with Gasteiger partial charge in [-0.05, 0) is 37.1 Å². The molecule has 1 saturated heterocycles. The number of hydrogen-bond donors (Lipinski definition) is 1. The Bertz CT molecular complexity index is 967. The summed E-state index contributed by atoms with van der Waals surface area (Å²) in [5, 5.41) is 2.64. The average molecular weight is 389 g/mol. The molecular formula is C20H18F3N3O2. The standard InChI is InChI=1S/C20H18F3N3O2/c21-20(22,23)15-8-2-1-7-14(15)18(27)24-12-13-6-5-11-26(13)19-25-16-9-3-4-10-17(16)28-19/h1-4,7-10,13H,5-6,11-12H2,(H,24,27)/t13-/m1/s1. The van der Waals surface area contributed by atoms with Crippen molar-refractivity contribution in [2.24, 2.45) is 0 Å². The Balaban J connectivity index is 1.48. The summed E-state index contributed by atoms with van der Waals surface area (Å²) in [6, 6.07) is 12.6. The van der Waals surface area contributed by atoms with Crippen LogP contribution < -0.4 is 10.2 Å². The van der Waals surface area contributed by atoms with E-state index in [1.165, 1.54) is 18.2 Å². The number of para-hydroxylation sites is 2. The smallest absolute Gasteiger partial charge is 0.417 e. The number of nitrogens with one attached hydrogen (secondary N) is 1. The number of benzene rings is 2. The van der Waals surface area contributed by atoms with Crippen molar-refractivity contribution in [2.45, 2.75) is 25.1 Å². The van der Waals surface area contributed by atoms with E-state index in [1.54, 1.807) is 0 Å². The van der Waals surface area contributed by atoms with Gasteiger partial charge in [-0.1, -0.05) is 24.3 Å². The number of carbonyl (C=O) groups is 1. The van der Waals surface area contributed by atoms with Crippen LogP contribution in [0, 0.1) is 0 Å². The number of halogens is 3. The van der Waals surface area contributed by atoms with Gasteiger partial charge in [-0.15, -0.1) is 0 Å². The Labute approximate surface area is 159 Å². The highest BCUT2D eigenvalue weighted by molar-refractivity contribution is 5.95. The van der Waals surface area contributed by atoms with Crippen molar-refractivity contribution in [3.8, 4) is 0 Å². The van der Waals surface area contributed by atoms with Gasteiger partial charge in [0.2, 0.25) is 0 Å². The first-order valence-corrected chi connectivity index (χ1v) is 9.00. The molecule has 0 radical (unpaired) electrons. The van der Waals surface area contributed by atoms with Crippen molar-refractivity contribution in [3.63, 3.8) is 0 Å². The summed E-state index contributed by atoms with van der Waals surface area (Å²) in [6.45, 7) is 0.927. The fourth-order valence-electron chi connectivity index (χ4n) is 3.52. The maximum Gasteiger partial charge on any atom is 0.417 e. The minimum Gasteiger partial charge on any atom is -0.423 e. The number of carbonyl (C=O) groups excluding carboxylic acids is 1. The Morgan fingerprint density at radius 2 is 1.93 bits per heavy atom. The second-order valence-corrected chi connectivity index (χ2v) is 6.71. The number of rotatable bonds is 4. The second kappa shape index (κ2) is 7.18. The lowest BCUT2D eigenvalue weighted by molar-refractivity contribution is -0.137. The zero-order chi connectivity index (χ0) is 19.7. The van der Waals surface area contributed by atoms with Gasteiger partial charge < -0.3 is 14.6 Å². The molecule has 1 fully saturated rings. The van der Waals surface area contributed by atoms with Crippen molar-refractivity contribution < 1.29 is 22.4 Å². The molecule has 146 valence electrons. The lowest BCUT2D eigenvalue weighted by atomic mass is 10.1. The van der Waals surface area contributed by atoms with E-state index in [0.29, 0.717) is 18.1 Å². The van der Waals surface area contributed by atoms with E-state index in [9.17, 15) is 18.0 Å². The monoisotopic (exact) mass is 389 g/mol. The minimum absolute atomic E-state index is 0.0879. The number of fused-ring (bicyclic) bond motifs is 1. The van der Waals surface area contributed by atoms with Crippen LogP contribution in [0.25, 0.3) is 11.1 Å². The van der Waals surface area contributed by atoms with E-state index in [1.807, 2.05) is 29.2 Å². The molecule has 1 aliphatic rings. The van der Waals surface area contributed by atoms with Crippen LogP contribution in [-0.4, -0.2) is 30.0 Å². The van der Waals surface area contributed by atoms with Crippen molar-refractivity contribution in [3.05, 3.63) is 59.7 Å². The molecule has 28 heavy (non-hydrogen) atoms. The number of amides is 1. The molecule has 2 aromatic carbocycles. The normalized spacial score (nSPS) is 17.2. The van der Waals surface area contributed by atoms with Gasteiger partial charge in [0.05, 0.1) is 17.2 Å². The molecule has 0 spiro atoms. The van der Waals surface area contributed by atoms with Gasteiger partial charge >= 0.3 is 6.18 Å².